The van der Waals surface area contributed by atoms with Crippen LogP contribution in [0.2, 0.25) is 5.02 Å². The normalized spacial score (nSPS) is 12.0. The zero-order chi connectivity index (χ0) is 14.6. The van der Waals surface area contributed by atoms with Crippen LogP contribution in [0.5, 0.6) is 0 Å². The molecule has 0 saturated carbocycles. The maximum atomic E-state index is 12.3. The second kappa shape index (κ2) is 6.91. The lowest BCUT2D eigenvalue weighted by Gasteiger charge is -2.23. The van der Waals surface area contributed by atoms with Gasteiger partial charge in [0.2, 0.25) is 0 Å². The summed E-state index contributed by atoms with van der Waals surface area (Å²) < 4.78 is 0.641. The van der Waals surface area contributed by atoms with Crippen LogP contribution in [0.25, 0.3) is 0 Å². The summed E-state index contributed by atoms with van der Waals surface area (Å²) in [5.41, 5.74) is 0.482. The lowest BCUT2D eigenvalue weighted by molar-refractivity contribution is -0.141. The quantitative estimate of drug-likeness (QED) is 0.888. The molecule has 1 aromatic carbocycles. The average Bonchev–Trinajstić information content (AvgIpc) is 2.37. The fourth-order valence-electron chi connectivity index (χ4n) is 1.58. The fraction of sp³-hybridized carbons (Fsp3) is 0.385. The zero-order valence-electron chi connectivity index (χ0n) is 10.7. The molecule has 0 spiro atoms. The molecule has 0 fully saturated rings. The van der Waals surface area contributed by atoms with Gasteiger partial charge < -0.3 is 10.0 Å². The van der Waals surface area contributed by atoms with Crippen molar-refractivity contribution in [1.82, 2.24) is 4.90 Å². The largest absolute Gasteiger partial charge is 0.481 e. The molecule has 1 atom stereocenters. The number of aliphatic carboxylic acids is 1. The van der Waals surface area contributed by atoms with Crippen molar-refractivity contribution in [3.63, 3.8) is 0 Å². The monoisotopic (exact) mass is 347 g/mol. The number of carbonyl (C=O) groups excluding carboxylic acids is 1. The van der Waals surface area contributed by atoms with E-state index in [1.54, 1.807) is 25.1 Å². The third-order valence-corrected chi connectivity index (χ3v) is 3.97. The standard InChI is InChI=1S/C13H15BrClNO3/c1-3-16(7-8(2)13(18)19)12(17)9-4-5-11(15)10(14)6-9/h4-6,8H,3,7H2,1-2H3,(H,18,19). The van der Waals surface area contributed by atoms with E-state index in [0.29, 0.717) is 21.6 Å². The first-order valence-electron chi connectivity index (χ1n) is 5.84. The molecule has 0 aliphatic rings. The van der Waals surface area contributed by atoms with Crippen LogP contribution in [0.1, 0.15) is 24.2 Å². The van der Waals surface area contributed by atoms with E-state index in [1.165, 1.54) is 4.90 Å². The summed E-state index contributed by atoms with van der Waals surface area (Å²) in [5, 5.41) is 9.42. The van der Waals surface area contributed by atoms with Crippen LogP contribution >= 0.6 is 27.5 Å². The Kier molecular flexibility index (Phi) is 5.82. The fourth-order valence-corrected chi connectivity index (χ4v) is 2.07. The molecule has 0 aromatic heterocycles. The molecule has 4 nitrogen and oxygen atoms in total. The molecule has 0 bridgehead atoms. The maximum Gasteiger partial charge on any atom is 0.308 e. The van der Waals surface area contributed by atoms with Gasteiger partial charge in [0.15, 0.2) is 0 Å². The second-order valence-electron chi connectivity index (χ2n) is 4.21. The number of hydrogen-bond donors (Lipinski definition) is 1. The number of hydrogen-bond acceptors (Lipinski definition) is 2. The average molecular weight is 349 g/mol. The maximum absolute atomic E-state index is 12.3. The minimum atomic E-state index is -0.913. The van der Waals surface area contributed by atoms with Gasteiger partial charge in [0, 0.05) is 23.1 Å². The van der Waals surface area contributed by atoms with Gasteiger partial charge in [-0.3, -0.25) is 9.59 Å². The van der Waals surface area contributed by atoms with Crippen LogP contribution in [0.3, 0.4) is 0 Å². The van der Waals surface area contributed by atoms with Crippen LogP contribution in [-0.2, 0) is 4.79 Å². The van der Waals surface area contributed by atoms with Crippen molar-refractivity contribution in [2.75, 3.05) is 13.1 Å². The molecule has 104 valence electrons. The highest BCUT2D eigenvalue weighted by Crippen LogP contribution is 2.24. The molecular weight excluding hydrogens is 334 g/mol. The molecule has 0 aliphatic carbocycles. The summed E-state index contributed by atoms with van der Waals surface area (Å²) in [4.78, 5) is 24.6. The molecule has 1 unspecified atom stereocenters. The Morgan fingerprint density at radius 3 is 2.58 bits per heavy atom. The highest BCUT2D eigenvalue weighted by Gasteiger charge is 2.20. The van der Waals surface area contributed by atoms with Gasteiger partial charge in [-0.2, -0.15) is 0 Å². The van der Waals surface area contributed by atoms with E-state index in [-0.39, 0.29) is 12.5 Å². The lowest BCUT2D eigenvalue weighted by atomic mass is 10.1. The molecule has 0 heterocycles. The number of halogens is 2. The Morgan fingerprint density at radius 2 is 2.11 bits per heavy atom. The molecular formula is C13H15BrClNO3. The van der Waals surface area contributed by atoms with Crippen molar-refractivity contribution in [2.45, 2.75) is 13.8 Å². The van der Waals surface area contributed by atoms with Gasteiger partial charge >= 0.3 is 5.97 Å². The Hall–Kier alpha value is -1.07. The summed E-state index contributed by atoms with van der Waals surface area (Å²) in [6.07, 6.45) is 0. The molecule has 1 N–H and O–H groups in total. The minimum Gasteiger partial charge on any atom is -0.481 e. The Labute approximate surface area is 125 Å². The summed E-state index contributed by atoms with van der Waals surface area (Å²) in [6.45, 7) is 4.04. The topological polar surface area (TPSA) is 57.6 Å². The highest BCUT2D eigenvalue weighted by molar-refractivity contribution is 9.10. The van der Waals surface area contributed by atoms with Gasteiger partial charge in [-0.15, -0.1) is 0 Å². The Bertz CT molecular complexity index is 493. The van der Waals surface area contributed by atoms with Crippen molar-refractivity contribution >= 4 is 39.4 Å². The van der Waals surface area contributed by atoms with Crippen LogP contribution < -0.4 is 0 Å². The summed E-state index contributed by atoms with van der Waals surface area (Å²) in [7, 11) is 0. The van der Waals surface area contributed by atoms with E-state index in [0.717, 1.165) is 0 Å². The molecule has 6 heteroatoms. The molecule has 0 aliphatic heterocycles. The highest BCUT2D eigenvalue weighted by atomic mass is 79.9. The molecule has 19 heavy (non-hydrogen) atoms. The predicted molar refractivity (Wildman–Crippen MR) is 77.5 cm³/mol. The van der Waals surface area contributed by atoms with Gasteiger partial charge in [-0.1, -0.05) is 18.5 Å². The molecule has 1 amide bonds. The van der Waals surface area contributed by atoms with E-state index < -0.39 is 11.9 Å². The Balaban J connectivity index is 2.89. The van der Waals surface area contributed by atoms with Crippen LogP contribution in [-0.4, -0.2) is 35.0 Å². The molecule has 1 aromatic rings. The SMILES string of the molecule is CCN(CC(C)C(=O)O)C(=O)c1ccc(Cl)c(Br)c1. The first-order chi connectivity index (χ1) is 8.86. The summed E-state index contributed by atoms with van der Waals surface area (Å²) in [6, 6.07) is 4.90. The van der Waals surface area contributed by atoms with E-state index in [4.69, 9.17) is 16.7 Å². The molecule has 1 rings (SSSR count). The third kappa shape index (κ3) is 4.21. The summed E-state index contributed by atoms with van der Waals surface area (Å²) in [5.74, 6) is -1.71. The van der Waals surface area contributed by atoms with Gasteiger partial charge in [0.05, 0.1) is 10.9 Å². The van der Waals surface area contributed by atoms with Crippen molar-refractivity contribution in [3.05, 3.63) is 33.3 Å². The van der Waals surface area contributed by atoms with E-state index in [9.17, 15) is 9.59 Å². The van der Waals surface area contributed by atoms with Crippen molar-refractivity contribution < 1.29 is 14.7 Å². The number of nitrogens with zero attached hydrogens (tertiary/aromatic N) is 1. The first-order valence-corrected chi connectivity index (χ1v) is 7.01. The number of benzene rings is 1. The summed E-state index contributed by atoms with van der Waals surface area (Å²) >= 11 is 9.14. The van der Waals surface area contributed by atoms with E-state index in [2.05, 4.69) is 15.9 Å². The Morgan fingerprint density at radius 1 is 1.47 bits per heavy atom. The smallest absolute Gasteiger partial charge is 0.308 e. The van der Waals surface area contributed by atoms with Crippen LogP contribution in [0, 0.1) is 5.92 Å². The minimum absolute atomic E-state index is 0.185. The molecule has 0 saturated heterocycles. The van der Waals surface area contributed by atoms with Crippen molar-refractivity contribution in [2.24, 2.45) is 5.92 Å². The number of carboxylic acid groups (broad SMARTS) is 1. The third-order valence-electron chi connectivity index (χ3n) is 2.75. The first kappa shape index (κ1) is 16.0. The van der Waals surface area contributed by atoms with E-state index >= 15 is 0 Å². The molecule has 0 radical (unpaired) electrons. The van der Waals surface area contributed by atoms with Crippen molar-refractivity contribution in [3.8, 4) is 0 Å². The van der Waals surface area contributed by atoms with Gasteiger partial charge in [-0.05, 0) is 41.1 Å². The van der Waals surface area contributed by atoms with Crippen LogP contribution in [0.15, 0.2) is 22.7 Å². The van der Waals surface area contributed by atoms with Gasteiger partial charge in [-0.25, -0.2) is 0 Å². The second-order valence-corrected chi connectivity index (χ2v) is 5.47. The van der Waals surface area contributed by atoms with Crippen molar-refractivity contribution in [1.29, 1.82) is 0 Å². The number of carbonyl (C=O) groups is 2. The van der Waals surface area contributed by atoms with E-state index in [1.807, 2.05) is 6.92 Å². The zero-order valence-corrected chi connectivity index (χ0v) is 13.0. The van der Waals surface area contributed by atoms with Gasteiger partial charge in [0.25, 0.3) is 5.91 Å². The van der Waals surface area contributed by atoms with Gasteiger partial charge in [0.1, 0.15) is 0 Å². The number of carboxylic acids is 1. The number of rotatable bonds is 5. The van der Waals surface area contributed by atoms with Crippen LogP contribution in [0.4, 0.5) is 0 Å². The lowest BCUT2D eigenvalue weighted by Crippen LogP contribution is -2.36. The predicted octanol–water partition coefficient (Wildman–Crippen LogP) is 3.29. The number of amides is 1.